The summed E-state index contributed by atoms with van der Waals surface area (Å²) < 4.78 is 6.46. The second-order valence-electron chi connectivity index (χ2n) is 5.12. The molecule has 1 unspecified atom stereocenters. The average Bonchev–Trinajstić information content (AvgIpc) is 3.17. The van der Waals surface area contributed by atoms with E-state index in [0.717, 1.165) is 12.8 Å². The van der Waals surface area contributed by atoms with Gasteiger partial charge in [0.25, 0.3) is 0 Å². The Hall–Kier alpha value is -1.28. The van der Waals surface area contributed by atoms with Crippen molar-refractivity contribution in [3.05, 3.63) is 10.5 Å². The van der Waals surface area contributed by atoms with Crippen LogP contribution in [0.3, 0.4) is 0 Å². The van der Waals surface area contributed by atoms with Gasteiger partial charge in [-0.05, 0) is 12.8 Å². The number of carbonyl (C=O) groups excluding carboxylic acids is 1. The van der Waals surface area contributed by atoms with Crippen molar-refractivity contribution >= 4 is 17.7 Å². The number of aromatic nitrogens is 3. The topological polar surface area (TPSA) is 89.0 Å². The van der Waals surface area contributed by atoms with Crippen molar-refractivity contribution in [2.75, 3.05) is 12.9 Å². The summed E-state index contributed by atoms with van der Waals surface area (Å²) in [6.45, 7) is 3.94. The minimum absolute atomic E-state index is 0.171. The van der Waals surface area contributed by atoms with Crippen LogP contribution in [0.2, 0.25) is 0 Å². The predicted octanol–water partition coefficient (Wildman–Crippen LogP) is 0.538. The van der Waals surface area contributed by atoms with Crippen LogP contribution in [0.5, 0.6) is 0 Å². The van der Waals surface area contributed by atoms with E-state index in [1.165, 1.54) is 18.9 Å². The van der Waals surface area contributed by atoms with Crippen LogP contribution in [0.15, 0.2) is 9.95 Å². The quantitative estimate of drug-likeness (QED) is 0.564. The Morgan fingerprint density at radius 1 is 1.60 bits per heavy atom. The zero-order valence-electron chi connectivity index (χ0n) is 11.9. The molecular formula is C12H20N4O3S. The highest BCUT2D eigenvalue weighted by Crippen LogP contribution is 2.36. The number of thioether (sulfide) groups is 1. The van der Waals surface area contributed by atoms with Gasteiger partial charge in [0.05, 0.1) is 7.11 Å². The zero-order chi connectivity index (χ0) is 14.7. The molecule has 0 amide bonds. The Morgan fingerprint density at radius 2 is 2.30 bits per heavy atom. The van der Waals surface area contributed by atoms with Gasteiger partial charge in [-0.3, -0.25) is 9.36 Å². The lowest BCUT2D eigenvalue weighted by Gasteiger charge is -2.18. The minimum Gasteiger partial charge on any atom is -0.468 e. The number of rotatable bonds is 7. The van der Waals surface area contributed by atoms with Crippen molar-refractivity contribution in [1.82, 2.24) is 20.1 Å². The molecule has 2 N–H and O–H groups in total. The molecule has 1 fully saturated rings. The standard InChI is InChI=1S/C12H20N4O3S/c1-7(2)13-9(10(17)19-3)6-20-12-15-14-11(18)16(12)8-4-5-8/h7-9,13H,4-6H2,1-3H3,(H,14,18). The van der Waals surface area contributed by atoms with E-state index in [4.69, 9.17) is 4.74 Å². The maximum Gasteiger partial charge on any atom is 0.344 e. The van der Waals surface area contributed by atoms with Gasteiger partial charge in [-0.25, -0.2) is 9.89 Å². The summed E-state index contributed by atoms with van der Waals surface area (Å²) in [6, 6.07) is 0.0207. The number of aromatic amines is 1. The highest BCUT2D eigenvalue weighted by molar-refractivity contribution is 7.99. The van der Waals surface area contributed by atoms with Gasteiger partial charge >= 0.3 is 11.7 Å². The van der Waals surface area contributed by atoms with Crippen molar-refractivity contribution < 1.29 is 9.53 Å². The molecule has 0 saturated heterocycles. The molecule has 7 nitrogen and oxygen atoms in total. The van der Waals surface area contributed by atoms with E-state index in [9.17, 15) is 9.59 Å². The molecular weight excluding hydrogens is 280 g/mol. The molecule has 1 aliphatic rings. The fourth-order valence-electron chi connectivity index (χ4n) is 1.93. The zero-order valence-corrected chi connectivity index (χ0v) is 12.7. The van der Waals surface area contributed by atoms with Crippen molar-refractivity contribution in [3.8, 4) is 0 Å². The molecule has 1 heterocycles. The van der Waals surface area contributed by atoms with Crippen LogP contribution < -0.4 is 11.0 Å². The smallest absolute Gasteiger partial charge is 0.344 e. The summed E-state index contributed by atoms with van der Waals surface area (Å²) in [4.78, 5) is 23.4. The summed E-state index contributed by atoms with van der Waals surface area (Å²) in [5.74, 6) is 0.170. The maximum absolute atomic E-state index is 11.7. The first-order valence-electron chi connectivity index (χ1n) is 6.66. The summed E-state index contributed by atoms with van der Waals surface area (Å²) in [5, 5.41) is 10.3. The predicted molar refractivity (Wildman–Crippen MR) is 75.9 cm³/mol. The largest absolute Gasteiger partial charge is 0.468 e. The third-order valence-corrected chi connectivity index (χ3v) is 4.03. The summed E-state index contributed by atoms with van der Waals surface area (Å²) >= 11 is 1.39. The minimum atomic E-state index is -0.413. The van der Waals surface area contributed by atoms with Crippen molar-refractivity contribution in [3.63, 3.8) is 0 Å². The normalized spacial score (nSPS) is 16.4. The highest BCUT2D eigenvalue weighted by Gasteiger charge is 2.29. The number of hydrogen-bond donors (Lipinski definition) is 2. The summed E-state index contributed by atoms with van der Waals surface area (Å²) in [6.07, 6.45) is 2.02. The number of ether oxygens (including phenoxy) is 1. The molecule has 0 aliphatic heterocycles. The lowest BCUT2D eigenvalue weighted by atomic mass is 10.3. The van der Waals surface area contributed by atoms with Crippen LogP contribution in [-0.4, -0.2) is 45.7 Å². The molecule has 1 aromatic heterocycles. The Kier molecular flexibility index (Phi) is 4.87. The van der Waals surface area contributed by atoms with Crippen LogP contribution in [0.1, 0.15) is 32.7 Å². The molecule has 1 atom stereocenters. The average molecular weight is 300 g/mol. The molecule has 20 heavy (non-hydrogen) atoms. The Bertz CT molecular complexity index is 521. The van der Waals surface area contributed by atoms with E-state index in [1.54, 1.807) is 4.57 Å². The molecule has 0 radical (unpaired) electrons. The van der Waals surface area contributed by atoms with Crippen LogP contribution in [0.25, 0.3) is 0 Å². The monoisotopic (exact) mass is 300 g/mol. The first-order chi connectivity index (χ1) is 9.52. The van der Waals surface area contributed by atoms with Crippen molar-refractivity contribution in [2.24, 2.45) is 0 Å². The van der Waals surface area contributed by atoms with Gasteiger partial charge in [-0.2, -0.15) is 0 Å². The number of methoxy groups -OCH3 is 1. The van der Waals surface area contributed by atoms with Gasteiger partial charge in [0, 0.05) is 17.8 Å². The van der Waals surface area contributed by atoms with Crippen molar-refractivity contribution in [1.29, 1.82) is 0 Å². The van der Waals surface area contributed by atoms with Crippen LogP contribution in [0.4, 0.5) is 0 Å². The molecule has 8 heteroatoms. The second kappa shape index (κ2) is 6.45. The molecule has 0 spiro atoms. The molecule has 112 valence electrons. The number of esters is 1. The van der Waals surface area contributed by atoms with E-state index in [0.29, 0.717) is 10.9 Å². The number of H-pyrrole nitrogens is 1. The van der Waals surface area contributed by atoms with E-state index in [2.05, 4.69) is 15.5 Å². The number of nitrogens with zero attached hydrogens (tertiary/aromatic N) is 2. The van der Waals surface area contributed by atoms with Crippen LogP contribution in [0, 0.1) is 0 Å². The van der Waals surface area contributed by atoms with Gasteiger partial charge in [0.2, 0.25) is 0 Å². The second-order valence-corrected chi connectivity index (χ2v) is 6.11. The SMILES string of the molecule is COC(=O)C(CSc1n[nH]c(=O)n1C1CC1)NC(C)C. The third-order valence-electron chi connectivity index (χ3n) is 2.98. The lowest BCUT2D eigenvalue weighted by molar-refractivity contribution is -0.142. The highest BCUT2D eigenvalue weighted by atomic mass is 32.2. The third kappa shape index (κ3) is 3.63. The first-order valence-corrected chi connectivity index (χ1v) is 7.65. The van der Waals surface area contributed by atoms with E-state index < -0.39 is 6.04 Å². The van der Waals surface area contributed by atoms with Crippen molar-refractivity contribution in [2.45, 2.75) is 50.0 Å². The van der Waals surface area contributed by atoms with Gasteiger partial charge in [-0.15, -0.1) is 5.10 Å². The number of nitrogens with one attached hydrogen (secondary N) is 2. The van der Waals surface area contributed by atoms with Crippen LogP contribution in [-0.2, 0) is 9.53 Å². The maximum atomic E-state index is 11.7. The molecule has 2 rings (SSSR count). The van der Waals surface area contributed by atoms with E-state index in [-0.39, 0.29) is 23.7 Å². The number of carbonyl (C=O) groups is 1. The number of hydrogen-bond acceptors (Lipinski definition) is 6. The molecule has 1 aliphatic carbocycles. The van der Waals surface area contributed by atoms with E-state index >= 15 is 0 Å². The molecule has 1 saturated carbocycles. The van der Waals surface area contributed by atoms with Gasteiger partial charge in [0.1, 0.15) is 6.04 Å². The molecule has 0 bridgehead atoms. The van der Waals surface area contributed by atoms with Gasteiger partial charge < -0.3 is 10.1 Å². The van der Waals surface area contributed by atoms with E-state index in [1.807, 2.05) is 13.8 Å². The summed E-state index contributed by atoms with van der Waals surface area (Å²) in [5.41, 5.74) is -0.179. The Balaban J connectivity index is 2.01. The molecule has 1 aromatic rings. The van der Waals surface area contributed by atoms with Crippen LogP contribution >= 0.6 is 11.8 Å². The lowest BCUT2D eigenvalue weighted by Crippen LogP contribution is -2.43. The van der Waals surface area contributed by atoms with Gasteiger partial charge in [-0.1, -0.05) is 25.6 Å². The Morgan fingerprint density at radius 3 is 2.85 bits per heavy atom. The fourth-order valence-corrected chi connectivity index (χ4v) is 2.96. The molecule has 0 aromatic carbocycles. The Labute approximate surface area is 121 Å². The summed E-state index contributed by atoms with van der Waals surface area (Å²) in [7, 11) is 1.37. The first kappa shape index (κ1) is 15.1. The fraction of sp³-hybridized carbons (Fsp3) is 0.750. The van der Waals surface area contributed by atoms with Gasteiger partial charge in [0.15, 0.2) is 5.16 Å².